The minimum atomic E-state index is -0.334. The molecule has 0 aliphatic rings. The van der Waals surface area contributed by atoms with Crippen LogP contribution >= 0.6 is 0 Å². The van der Waals surface area contributed by atoms with E-state index in [1.807, 2.05) is 6.92 Å². The number of hydrogen-bond donors (Lipinski definition) is 2. The highest BCUT2D eigenvalue weighted by Crippen LogP contribution is 2.00. The van der Waals surface area contributed by atoms with Crippen LogP contribution in [-0.2, 0) is 4.79 Å². The van der Waals surface area contributed by atoms with Gasteiger partial charge in [-0.15, -0.1) is 5.10 Å². The zero-order chi connectivity index (χ0) is 12.8. The molecule has 1 aromatic rings. The molecular formula is C10H17N5O2. The predicted molar refractivity (Wildman–Crippen MR) is 61.4 cm³/mol. The molecule has 0 aliphatic carbocycles. The molecule has 0 atom stereocenters. The molecule has 1 heterocycles. The van der Waals surface area contributed by atoms with Crippen LogP contribution in [0.5, 0.6) is 0 Å². The number of carbonyl (C=O) groups excluding carboxylic acids is 2. The summed E-state index contributed by atoms with van der Waals surface area (Å²) in [5.74, 6) is 0.128. The van der Waals surface area contributed by atoms with Crippen molar-refractivity contribution in [1.82, 2.24) is 25.4 Å². The lowest BCUT2D eigenvalue weighted by atomic mass is 10.3. The highest BCUT2D eigenvalue weighted by molar-refractivity contribution is 5.93. The van der Waals surface area contributed by atoms with Crippen molar-refractivity contribution in [1.29, 1.82) is 0 Å². The summed E-state index contributed by atoms with van der Waals surface area (Å²) in [6, 6.07) is 0. The summed E-state index contributed by atoms with van der Waals surface area (Å²) >= 11 is 0. The lowest BCUT2D eigenvalue weighted by Crippen LogP contribution is -2.40. The molecular weight excluding hydrogens is 222 g/mol. The largest absolute Gasteiger partial charge is 0.358 e. The molecule has 1 aromatic heterocycles. The number of H-pyrrole nitrogens is 1. The number of aryl methyl sites for hydroxylation is 1. The molecule has 7 heteroatoms. The Morgan fingerprint density at radius 1 is 1.47 bits per heavy atom. The SMILES string of the molecule is CCCN(CC(=O)NC)C(=O)c1n[nH]c(C)n1. The van der Waals surface area contributed by atoms with Crippen LogP contribution in [0.25, 0.3) is 0 Å². The van der Waals surface area contributed by atoms with Gasteiger partial charge in [-0.3, -0.25) is 14.7 Å². The van der Waals surface area contributed by atoms with E-state index in [-0.39, 0.29) is 24.2 Å². The molecule has 0 aliphatic heterocycles. The van der Waals surface area contributed by atoms with E-state index in [1.165, 1.54) is 11.9 Å². The van der Waals surface area contributed by atoms with Crippen molar-refractivity contribution in [3.8, 4) is 0 Å². The van der Waals surface area contributed by atoms with Crippen LogP contribution in [0.3, 0.4) is 0 Å². The molecule has 0 saturated carbocycles. The van der Waals surface area contributed by atoms with E-state index in [4.69, 9.17) is 0 Å². The van der Waals surface area contributed by atoms with Gasteiger partial charge in [0, 0.05) is 13.6 Å². The monoisotopic (exact) mass is 239 g/mol. The summed E-state index contributed by atoms with van der Waals surface area (Å²) in [5.41, 5.74) is 0. The number of aromatic amines is 1. The number of amides is 2. The average Bonchev–Trinajstić information content (AvgIpc) is 2.74. The Hall–Kier alpha value is -1.92. The fourth-order valence-electron chi connectivity index (χ4n) is 1.35. The van der Waals surface area contributed by atoms with Gasteiger partial charge in [0.1, 0.15) is 5.82 Å². The molecule has 0 unspecified atom stereocenters. The van der Waals surface area contributed by atoms with Gasteiger partial charge in [0.15, 0.2) is 0 Å². The molecule has 2 N–H and O–H groups in total. The van der Waals surface area contributed by atoms with E-state index < -0.39 is 0 Å². The summed E-state index contributed by atoms with van der Waals surface area (Å²) < 4.78 is 0. The Labute approximate surface area is 99.6 Å². The fraction of sp³-hybridized carbons (Fsp3) is 0.600. The van der Waals surface area contributed by atoms with Crippen LogP contribution < -0.4 is 5.32 Å². The third kappa shape index (κ3) is 3.54. The fourth-order valence-corrected chi connectivity index (χ4v) is 1.35. The van der Waals surface area contributed by atoms with Gasteiger partial charge in [-0.1, -0.05) is 6.92 Å². The molecule has 94 valence electrons. The van der Waals surface area contributed by atoms with Gasteiger partial charge in [-0.2, -0.15) is 0 Å². The summed E-state index contributed by atoms with van der Waals surface area (Å²) in [6.45, 7) is 4.18. The molecule has 2 amide bonds. The third-order valence-electron chi connectivity index (χ3n) is 2.18. The Balaban J connectivity index is 2.76. The zero-order valence-electron chi connectivity index (χ0n) is 10.3. The number of nitrogens with zero attached hydrogens (tertiary/aromatic N) is 3. The molecule has 1 rings (SSSR count). The Morgan fingerprint density at radius 3 is 2.65 bits per heavy atom. The Kier molecular flexibility index (Phi) is 4.62. The van der Waals surface area contributed by atoms with Gasteiger partial charge in [-0.05, 0) is 13.3 Å². The second-order valence-corrected chi connectivity index (χ2v) is 3.64. The second-order valence-electron chi connectivity index (χ2n) is 3.64. The molecule has 0 spiro atoms. The maximum Gasteiger partial charge on any atom is 0.293 e. The lowest BCUT2D eigenvalue weighted by molar-refractivity contribution is -0.121. The molecule has 0 radical (unpaired) electrons. The quantitative estimate of drug-likeness (QED) is 0.738. The molecule has 0 aromatic carbocycles. The van der Waals surface area contributed by atoms with E-state index in [0.717, 1.165) is 6.42 Å². The van der Waals surface area contributed by atoms with Crippen LogP contribution in [0.1, 0.15) is 29.8 Å². The summed E-state index contributed by atoms with van der Waals surface area (Å²) in [6.07, 6.45) is 0.770. The van der Waals surface area contributed by atoms with E-state index in [9.17, 15) is 9.59 Å². The van der Waals surface area contributed by atoms with Gasteiger partial charge in [0.2, 0.25) is 11.7 Å². The molecule has 0 fully saturated rings. The first-order valence-electron chi connectivity index (χ1n) is 5.47. The first-order valence-corrected chi connectivity index (χ1v) is 5.47. The van der Waals surface area contributed by atoms with Gasteiger partial charge < -0.3 is 10.2 Å². The van der Waals surface area contributed by atoms with Crippen LogP contribution in [-0.4, -0.2) is 52.0 Å². The Bertz CT molecular complexity index is 401. The standard InChI is InChI=1S/C10H17N5O2/c1-4-5-15(6-8(16)11-3)10(17)9-12-7(2)13-14-9/h4-6H2,1-3H3,(H,11,16)(H,12,13,14). The summed E-state index contributed by atoms with van der Waals surface area (Å²) in [5, 5.41) is 8.88. The van der Waals surface area contributed by atoms with Crippen molar-refractivity contribution in [2.24, 2.45) is 0 Å². The maximum atomic E-state index is 12.0. The second kappa shape index (κ2) is 5.97. The zero-order valence-corrected chi connectivity index (χ0v) is 10.3. The maximum absolute atomic E-state index is 12.0. The van der Waals surface area contributed by atoms with Gasteiger partial charge in [-0.25, -0.2) is 4.98 Å². The minimum absolute atomic E-state index is 0.0246. The highest BCUT2D eigenvalue weighted by Gasteiger charge is 2.20. The van der Waals surface area contributed by atoms with E-state index in [0.29, 0.717) is 12.4 Å². The van der Waals surface area contributed by atoms with Crippen molar-refractivity contribution in [2.45, 2.75) is 20.3 Å². The Morgan fingerprint density at radius 2 is 2.18 bits per heavy atom. The van der Waals surface area contributed by atoms with Crippen molar-refractivity contribution >= 4 is 11.8 Å². The molecule has 0 bridgehead atoms. The van der Waals surface area contributed by atoms with Gasteiger partial charge in [0.05, 0.1) is 6.54 Å². The first-order chi connectivity index (χ1) is 8.08. The molecule has 7 nitrogen and oxygen atoms in total. The van der Waals surface area contributed by atoms with Crippen LogP contribution in [0.4, 0.5) is 0 Å². The predicted octanol–water partition coefficient (Wildman–Crippen LogP) is -0.289. The van der Waals surface area contributed by atoms with E-state index in [2.05, 4.69) is 20.5 Å². The number of rotatable bonds is 5. The molecule has 17 heavy (non-hydrogen) atoms. The topological polar surface area (TPSA) is 91.0 Å². The van der Waals surface area contributed by atoms with E-state index >= 15 is 0 Å². The van der Waals surface area contributed by atoms with Crippen LogP contribution in [0.2, 0.25) is 0 Å². The number of hydrogen-bond acceptors (Lipinski definition) is 4. The summed E-state index contributed by atoms with van der Waals surface area (Å²) in [7, 11) is 1.54. The number of likely N-dealkylation sites (N-methyl/N-ethyl adjacent to an activating group) is 1. The number of aromatic nitrogens is 3. The number of nitrogens with one attached hydrogen (secondary N) is 2. The van der Waals surface area contributed by atoms with Gasteiger partial charge in [0.25, 0.3) is 5.91 Å². The highest BCUT2D eigenvalue weighted by atomic mass is 16.2. The lowest BCUT2D eigenvalue weighted by Gasteiger charge is -2.19. The normalized spacial score (nSPS) is 10.1. The van der Waals surface area contributed by atoms with Crippen molar-refractivity contribution in [3.63, 3.8) is 0 Å². The average molecular weight is 239 g/mol. The third-order valence-corrected chi connectivity index (χ3v) is 2.18. The van der Waals surface area contributed by atoms with Crippen molar-refractivity contribution < 1.29 is 9.59 Å². The smallest absolute Gasteiger partial charge is 0.293 e. The van der Waals surface area contributed by atoms with Crippen molar-refractivity contribution in [2.75, 3.05) is 20.1 Å². The molecule has 0 saturated heterocycles. The summed E-state index contributed by atoms with van der Waals surface area (Å²) in [4.78, 5) is 28.7. The van der Waals surface area contributed by atoms with Crippen LogP contribution in [0.15, 0.2) is 0 Å². The van der Waals surface area contributed by atoms with Crippen molar-refractivity contribution in [3.05, 3.63) is 11.6 Å². The van der Waals surface area contributed by atoms with Crippen LogP contribution in [0, 0.1) is 6.92 Å². The van der Waals surface area contributed by atoms with Gasteiger partial charge >= 0.3 is 0 Å². The minimum Gasteiger partial charge on any atom is -0.358 e. The number of carbonyl (C=O) groups is 2. The first kappa shape index (κ1) is 13.1. The van der Waals surface area contributed by atoms with E-state index in [1.54, 1.807) is 6.92 Å².